The fourth-order valence-corrected chi connectivity index (χ4v) is 4.02. The summed E-state index contributed by atoms with van der Waals surface area (Å²) in [5, 5.41) is 0. The number of amides is 2. The average Bonchev–Trinajstić information content (AvgIpc) is 3.21. The molecule has 2 aliphatic rings. The summed E-state index contributed by atoms with van der Waals surface area (Å²) in [6.07, 6.45) is 3.44. The summed E-state index contributed by atoms with van der Waals surface area (Å²) >= 11 is 0. The third-order valence-corrected chi connectivity index (χ3v) is 5.66. The van der Waals surface area contributed by atoms with Crippen molar-refractivity contribution in [2.75, 3.05) is 32.7 Å². The second-order valence-electron chi connectivity index (χ2n) is 7.40. The Kier molecular flexibility index (Phi) is 4.94. The Balaban J connectivity index is 1.48. The van der Waals surface area contributed by atoms with Crippen LogP contribution in [0, 0.1) is 0 Å². The average molecular weight is 363 g/mol. The smallest absolute Gasteiger partial charge is 0.254 e. The minimum absolute atomic E-state index is 0.145. The molecule has 2 aromatic carbocycles. The van der Waals surface area contributed by atoms with Gasteiger partial charge in [-0.15, -0.1) is 0 Å². The van der Waals surface area contributed by atoms with Crippen LogP contribution < -0.4 is 5.73 Å². The molecule has 2 amide bonds. The minimum atomic E-state index is -0.424. The molecule has 0 atom stereocenters. The number of likely N-dealkylation sites (tertiary alicyclic amines) is 1. The minimum Gasteiger partial charge on any atom is -0.366 e. The first-order chi connectivity index (χ1) is 13.1. The van der Waals surface area contributed by atoms with Gasteiger partial charge >= 0.3 is 0 Å². The predicted octanol–water partition coefficient (Wildman–Crippen LogP) is 2.55. The Morgan fingerprint density at radius 2 is 1.63 bits per heavy atom. The van der Waals surface area contributed by atoms with Gasteiger partial charge in [-0.1, -0.05) is 24.3 Å². The van der Waals surface area contributed by atoms with E-state index in [9.17, 15) is 9.59 Å². The fourth-order valence-electron chi connectivity index (χ4n) is 4.02. The molecule has 1 fully saturated rings. The Morgan fingerprint density at radius 1 is 0.926 bits per heavy atom. The van der Waals surface area contributed by atoms with Crippen LogP contribution in [0.1, 0.15) is 39.1 Å². The number of fused-ring (bicyclic) bond motifs is 1. The number of primary amides is 1. The largest absolute Gasteiger partial charge is 0.366 e. The maximum absolute atomic E-state index is 12.8. The van der Waals surface area contributed by atoms with E-state index >= 15 is 0 Å². The van der Waals surface area contributed by atoms with Crippen LogP contribution in [0.5, 0.6) is 0 Å². The normalized spacial score (nSPS) is 17.2. The zero-order valence-corrected chi connectivity index (χ0v) is 15.5. The number of carbonyl (C=O) groups excluding carboxylic acids is 2. The first kappa shape index (κ1) is 17.7. The van der Waals surface area contributed by atoms with Crippen molar-refractivity contribution in [2.24, 2.45) is 5.73 Å². The van der Waals surface area contributed by atoms with Gasteiger partial charge in [0.25, 0.3) is 5.91 Å². The standard InChI is InChI=1S/C22H25N3O2/c23-21(26)17-5-3-16(4-6-17)18-7-8-20-19(15-18)9-12-25(22(20)27)14-13-24-10-1-2-11-24/h3-8,15H,1-2,9-14H2,(H2,23,26). The Morgan fingerprint density at radius 3 is 2.33 bits per heavy atom. The molecule has 0 unspecified atom stereocenters. The lowest BCUT2D eigenvalue weighted by atomic mass is 9.93. The Labute approximate surface area is 159 Å². The number of hydrogen-bond donors (Lipinski definition) is 1. The summed E-state index contributed by atoms with van der Waals surface area (Å²) in [5.41, 5.74) is 9.81. The van der Waals surface area contributed by atoms with Crippen LogP contribution in [0.15, 0.2) is 42.5 Å². The van der Waals surface area contributed by atoms with Gasteiger partial charge in [-0.25, -0.2) is 0 Å². The highest BCUT2D eigenvalue weighted by Crippen LogP contribution is 2.26. The van der Waals surface area contributed by atoms with E-state index in [1.165, 1.54) is 12.8 Å². The molecule has 2 aliphatic heterocycles. The summed E-state index contributed by atoms with van der Waals surface area (Å²) in [7, 11) is 0. The zero-order chi connectivity index (χ0) is 18.8. The molecular formula is C22H25N3O2. The predicted molar refractivity (Wildman–Crippen MR) is 106 cm³/mol. The van der Waals surface area contributed by atoms with Gasteiger partial charge in [0, 0.05) is 30.8 Å². The second kappa shape index (κ2) is 7.53. The van der Waals surface area contributed by atoms with Crippen molar-refractivity contribution in [1.29, 1.82) is 0 Å². The van der Waals surface area contributed by atoms with Gasteiger partial charge in [0.15, 0.2) is 0 Å². The van der Waals surface area contributed by atoms with Gasteiger partial charge < -0.3 is 15.5 Å². The van der Waals surface area contributed by atoms with Crippen LogP contribution in [0.3, 0.4) is 0 Å². The number of carbonyl (C=O) groups is 2. The maximum Gasteiger partial charge on any atom is 0.254 e. The third-order valence-electron chi connectivity index (χ3n) is 5.66. The third kappa shape index (κ3) is 3.74. The molecule has 2 aromatic rings. The van der Waals surface area contributed by atoms with Crippen LogP contribution in [0.25, 0.3) is 11.1 Å². The van der Waals surface area contributed by atoms with Crippen molar-refractivity contribution in [3.8, 4) is 11.1 Å². The van der Waals surface area contributed by atoms with Gasteiger partial charge in [-0.05, 0) is 67.2 Å². The van der Waals surface area contributed by atoms with Crippen LogP contribution >= 0.6 is 0 Å². The highest BCUT2D eigenvalue weighted by atomic mass is 16.2. The van der Waals surface area contributed by atoms with Gasteiger partial charge in [-0.3, -0.25) is 9.59 Å². The second-order valence-corrected chi connectivity index (χ2v) is 7.40. The lowest BCUT2D eigenvalue weighted by Gasteiger charge is -2.30. The molecule has 27 heavy (non-hydrogen) atoms. The first-order valence-electron chi connectivity index (χ1n) is 9.66. The van der Waals surface area contributed by atoms with Crippen molar-refractivity contribution < 1.29 is 9.59 Å². The molecule has 4 rings (SSSR count). The molecule has 0 spiro atoms. The highest BCUT2D eigenvalue weighted by molar-refractivity contribution is 5.97. The molecule has 0 radical (unpaired) electrons. The van der Waals surface area contributed by atoms with Gasteiger partial charge in [0.05, 0.1) is 0 Å². The molecule has 5 heteroatoms. The summed E-state index contributed by atoms with van der Waals surface area (Å²) in [5.74, 6) is -0.280. The highest BCUT2D eigenvalue weighted by Gasteiger charge is 2.25. The van der Waals surface area contributed by atoms with Gasteiger partial charge in [0.1, 0.15) is 0 Å². The van der Waals surface area contributed by atoms with Crippen LogP contribution in [0.4, 0.5) is 0 Å². The van der Waals surface area contributed by atoms with Crippen molar-refractivity contribution in [3.63, 3.8) is 0 Å². The van der Waals surface area contributed by atoms with E-state index in [2.05, 4.69) is 11.0 Å². The Bertz CT molecular complexity index is 854. The van der Waals surface area contributed by atoms with Crippen molar-refractivity contribution in [1.82, 2.24) is 9.80 Å². The molecular weight excluding hydrogens is 338 g/mol. The van der Waals surface area contributed by atoms with E-state index in [1.807, 2.05) is 29.2 Å². The maximum atomic E-state index is 12.8. The van der Waals surface area contributed by atoms with Crippen molar-refractivity contribution in [2.45, 2.75) is 19.3 Å². The van der Waals surface area contributed by atoms with E-state index in [0.717, 1.165) is 61.4 Å². The molecule has 0 bridgehead atoms. The molecule has 5 nitrogen and oxygen atoms in total. The van der Waals surface area contributed by atoms with E-state index in [-0.39, 0.29) is 5.91 Å². The van der Waals surface area contributed by atoms with E-state index < -0.39 is 5.91 Å². The summed E-state index contributed by atoms with van der Waals surface area (Å²) in [6.45, 7) is 4.90. The summed E-state index contributed by atoms with van der Waals surface area (Å²) < 4.78 is 0. The van der Waals surface area contributed by atoms with Gasteiger partial charge in [-0.2, -0.15) is 0 Å². The topological polar surface area (TPSA) is 66.6 Å². The SMILES string of the molecule is NC(=O)c1ccc(-c2ccc3c(c2)CCN(CCN2CCCC2)C3=O)cc1. The molecule has 2 N–H and O–H groups in total. The van der Waals surface area contributed by atoms with Crippen molar-refractivity contribution >= 4 is 11.8 Å². The molecule has 140 valence electrons. The quantitative estimate of drug-likeness (QED) is 0.888. The summed E-state index contributed by atoms with van der Waals surface area (Å²) in [6, 6.07) is 13.3. The number of nitrogens with zero attached hydrogens (tertiary/aromatic N) is 2. The van der Waals surface area contributed by atoms with Crippen molar-refractivity contribution in [3.05, 3.63) is 59.2 Å². The molecule has 0 aliphatic carbocycles. The van der Waals surface area contributed by atoms with E-state index in [4.69, 9.17) is 5.73 Å². The number of rotatable bonds is 5. The van der Waals surface area contributed by atoms with Gasteiger partial charge in [0.2, 0.25) is 5.91 Å². The van der Waals surface area contributed by atoms with Crippen LogP contribution in [0.2, 0.25) is 0 Å². The fraction of sp³-hybridized carbons (Fsp3) is 0.364. The van der Waals surface area contributed by atoms with E-state index in [1.54, 1.807) is 12.1 Å². The molecule has 1 saturated heterocycles. The molecule has 0 aromatic heterocycles. The van der Waals surface area contributed by atoms with Crippen LogP contribution in [-0.2, 0) is 6.42 Å². The number of nitrogens with two attached hydrogens (primary N) is 1. The zero-order valence-electron chi connectivity index (χ0n) is 15.5. The molecule has 0 saturated carbocycles. The number of hydrogen-bond acceptors (Lipinski definition) is 3. The van der Waals surface area contributed by atoms with E-state index in [0.29, 0.717) is 5.56 Å². The number of benzene rings is 2. The lowest BCUT2D eigenvalue weighted by Crippen LogP contribution is -2.42. The monoisotopic (exact) mass is 363 g/mol. The van der Waals surface area contributed by atoms with Crippen LogP contribution in [-0.4, -0.2) is 54.3 Å². The summed E-state index contributed by atoms with van der Waals surface area (Å²) in [4.78, 5) is 28.5. The lowest BCUT2D eigenvalue weighted by molar-refractivity contribution is 0.0724. The Hall–Kier alpha value is -2.66. The molecule has 2 heterocycles. The first-order valence-corrected chi connectivity index (χ1v) is 9.66.